The molecule has 0 unspecified atom stereocenters. The van der Waals surface area contributed by atoms with E-state index in [4.69, 9.17) is 6.57 Å². The lowest BCUT2D eigenvalue weighted by molar-refractivity contribution is 1.17. The van der Waals surface area contributed by atoms with E-state index >= 15 is 0 Å². The molecule has 0 atom stereocenters. The molecule has 0 spiro atoms. The maximum absolute atomic E-state index is 10.1. The van der Waals surface area contributed by atoms with Gasteiger partial charge in [-0.05, 0) is 95.4 Å². The molecule has 6 nitrogen and oxygen atoms in total. The lowest BCUT2D eigenvalue weighted by Crippen LogP contribution is -1.98. The summed E-state index contributed by atoms with van der Waals surface area (Å²) < 4.78 is 4.24. The third kappa shape index (κ3) is 4.00. The van der Waals surface area contributed by atoms with Crippen LogP contribution in [0.3, 0.4) is 0 Å². The molecular weight excluding hydrogens is 564 g/mol. The summed E-state index contributed by atoms with van der Waals surface area (Å²) in [6, 6.07) is 45.8. The summed E-state index contributed by atoms with van der Waals surface area (Å²) in [5.41, 5.74) is 9.11. The van der Waals surface area contributed by atoms with E-state index in [2.05, 4.69) is 32.2 Å². The zero-order chi connectivity index (χ0) is 31.4. The van der Waals surface area contributed by atoms with Gasteiger partial charge < -0.3 is 9.13 Å². The van der Waals surface area contributed by atoms with E-state index in [-0.39, 0.29) is 0 Å². The Balaban J connectivity index is 1.39. The predicted molar refractivity (Wildman–Crippen MR) is 181 cm³/mol. The Morgan fingerprint density at radius 1 is 0.457 bits per heavy atom. The van der Waals surface area contributed by atoms with Gasteiger partial charge in [-0.3, -0.25) is 0 Å². The Hall–Kier alpha value is -7.12. The van der Waals surface area contributed by atoms with Gasteiger partial charge in [-0.15, -0.1) is 0 Å². The second-order valence-electron chi connectivity index (χ2n) is 11.1. The molecule has 0 fully saturated rings. The molecule has 0 aliphatic carbocycles. The summed E-state index contributed by atoms with van der Waals surface area (Å²) >= 11 is 0. The van der Waals surface area contributed by atoms with Crippen LogP contribution in [0.1, 0.15) is 16.7 Å². The number of hydrogen-bond acceptors (Lipinski definition) is 3. The van der Waals surface area contributed by atoms with E-state index in [1.807, 2.05) is 121 Å². The first-order valence-electron chi connectivity index (χ1n) is 14.6. The summed E-state index contributed by atoms with van der Waals surface area (Å²) in [5.74, 6) is 0. The first kappa shape index (κ1) is 26.5. The van der Waals surface area contributed by atoms with Gasteiger partial charge in [-0.1, -0.05) is 42.5 Å². The summed E-state index contributed by atoms with van der Waals surface area (Å²) in [4.78, 5) is 3.64. The maximum atomic E-state index is 10.1. The molecule has 6 heteroatoms. The van der Waals surface area contributed by atoms with Gasteiger partial charge >= 0.3 is 0 Å². The number of nitriles is 3. The Morgan fingerprint density at radius 2 is 0.935 bits per heavy atom. The first-order chi connectivity index (χ1) is 22.6. The van der Waals surface area contributed by atoms with Crippen LogP contribution >= 0.6 is 0 Å². The Bertz CT molecular complexity index is 2560. The summed E-state index contributed by atoms with van der Waals surface area (Å²) in [6.07, 6.45) is 0. The second kappa shape index (κ2) is 10.3. The second-order valence-corrected chi connectivity index (χ2v) is 11.1. The minimum absolute atomic E-state index is 0.486. The zero-order valence-corrected chi connectivity index (χ0v) is 24.2. The topological polar surface area (TPSA) is 85.6 Å². The van der Waals surface area contributed by atoms with Crippen molar-refractivity contribution in [2.24, 2.45) is 0 Å². The molecule has 8 rings (SSSR count). The fourth-order valence-electron chi connectivity index (χ4n) is 6.57. The molecule has 8 aromatic rings. The van der Waals surface area contributed by atoms with E-state index in [1.54, 1.807) is 0 Å². The van der Waals surface area contributed by atoms with Crippen LogP contribution in [0.4, 0.5) is 5.69 Å². The monoisotopic (exact) mass is 584 g/mol. The molecule has 2 heterocycles. The Morgan fingerprint density at radius 3 is 1.46 bits per heavy atom. The largest absolute Gasteiger partial charge is 0.309 e. The fourth-order valence-corrected chi connectivity index (χ4v) is 6.57. The van der Waals surface area contributed by atoms with Gasteiger partial charge in [0.25, 0.3) is 0 Å². The zero-order valence-electron chi connectivity index (χ0n) is 24.2. The molecule has 0 saturated heterocycles. The maximum Gasteiger partial charge on any atom is 0.188 e. The molecule has 210 valence electrons. The van der Waals surface area contributed by atoms with Crippen molar-refractivity contribution in [3.05, 3.63) is 149 Å². The van der Waals surface area contributed by atoms with Crippen molar-refractivity contribution in [1.82, 2.24) is 9.13 Å². The molecule has 6 aromatic carbocycles. The summed E-state index contributed by atoms with van der Waals surface area (Å²) in [7, 11) is 0. The van der Waals surface area contributed by atoms with Crippen molar-refractivity contribution in [2.45, 2.75) is 0 Å². The molecule has 0 N–H and O–H groups in total. The molecule has 0 amide bonds. The predicted octanol–water partition coefficient (Wildman–Crippen LogP) is 9.71. The average Bonchev–Trinajstić information content (AvgIpc) is 3.63. The third-order valence-corrected chi connectivity index (χ3v) is 8.53. The quantitative estimate of drug-likeness (QED) is 0.194. The SMILES string of the molecule is [C-]#[N+]c1ccc2c(c1)c1ccccc1n2-c1cc(C#N)cc(-c2cc(C#N)cc(-n3c4ccccc4c4cc(C#N)ccc43)c2)c1. The number of benzene rings is 6. The van der Waals surface area contributed by atoms with E-state index in [1.165, 1.54) is 0 Å². The lowest BCUT2D eigenvalue weighted by atomic mass is 9.99. The van der Waals surface area contributed by atoms with Gasteiger partial charge in [0.1, 0.15) is 0 Å². The van der Waals surface area contributed by atoms with Crippen LogP contribution in [0.15, 0.2) is 121 Å². The first-order valence-corrected chi connectivity index (χ1v) is 14.6. The molecule has 0 radical (unpaired) electrons. The van der Waals surface area contributed by atoms with Gasteiger partial charge in [0.2, 0.25) is 0 Å². The number of rotatable bonds is 3. The molecule has 0 aliphatic heterocycles. The highest BCUT2D eigenvalue weighted by atomic mass is 15.0. The minimum atomic E-state index is 0.486. The van der Waals surface area contributed by atoms with Crippen LogP contribution in [-0.4, -0.2) is 9.13 Å². The Kier molecular flexibility index (Phi) is 5.91. The van der Waals surface area contributed by atoms with Crippen LogP contribution in [-0.2, 0) is 0 Å². The van der Waals surface area contributed by atoms with Gasteiger partial charge in [-0.25, -0.2) is 4.85 Å². The highest BCUT2D eigenvalue weighted by molar-refractivity contribution is 6.11. The third-order valence-electron chi connectivity index (χ3n) is 8.53. The fraction of sp³-hybridized carbons (Fsp3) is 0. The number of nitrogens with zero attached hydrogens (tertiary/aromatic N) is 6. The number of aromatic nitrogens is 2. The van der Waals surface area contributed by atoms with Crippen LogP contribution in [0, 0.1) is 40.6 Å². The summed E-state index contributed by atoms with van der Waals surface area (Å²) in [6.45, 7) is 7.53. The molecule has 2 aromatic heterocycles. The van der Waals surface area contributed by atoms with E-state index in [0.29, 0.717) is 22.4 Å². The van der Waals surface area contributed by atoms with Crippen LogP contribution in [0.2, 0.25) is 0 Å². The average molecular weight is 585 g/mol. The van der Waals surface area contributed by atoms with Gasteiger partial charge in [0, 0.05) is 27.5 Å². The van der Waals surface area contributed by atoms with Gasteiger partial charge in [-0.2, -0.15) is 15.8 Å². The van der Waals surface area contributed by atoms with Crippen LogP contribution in [0.25, 0.3) is 71.0 Å². The number of para-hydroxylation sites is 2. The van der Waals surface area contributed by atoms with Gasteiger partial charge in [0.05, 0.1) is 63.5 Å². The van der Waals surface area contributed by atoms with E-state index in [0.717, 1.165) is 66.1 Å². The van der Waals surface area contributed by atoms with Gasteiger partial charge in [0.15, 0.2) is 5.69 Å². The minimum Gasteiger partial charge on any atom is -0.309 e. The summed E-state index contributed by atoms with van der Waals surface area (Å²) in [5, 5.41) is 33.8. The normalized spacial score (nSPS) is 11.0. The van der Waals surface area contributed by atoms with Crippen molar-refractivity contribution in [3.8, 4) is 40.7 Å². The molecule has 0 aliphatic rings. The lowest BCUT2D eigenvalue weighted by Gasteiger charge is -2.14. The Labute approximate surface area is 263 Å². The number of hydrogen-bond donors (Lipinski definition) is 0. The molecule has 0 bridgehead atoms. The van der Waals surface area contributed by atoms with Crippen molar-refractivity contribution >= 4 is 49.3 Å². The standard InChI is InChI=1S/C40H20N6/c1-44-30-11-13-40-36(21-30)34-7-3-5-9-38(34)46(40)32-17-27(24-43)15-29(20-32)28-14-26(23-42)16-31(19-28)45-37-8-4-2-6-33(37)35-18-25(22-41)10-12-39(35)45/h2-21H. The molecule has 46 heavy (non-hydrogen) atoms. The molecule has 0 saturated carbocycles. The van der Waals surface area contributed by atoms with Crippen LogP contribution in [0.5, 0.6) is 0 Å². The van der Waals surface area contributed by atoms with E-state index in [9.17, 15) is 15.8 Å². The van der Waals surface area contributed by atoms with Crippen molar-refractivity contribution in [3.63, 3.8) is 0 Å². The van der Waals surface area contributed by atoms with Crippen molar-refractivity contribution in [1.29, 1.82) is 15.8 Å². The smallest absolute Gasteiger partial charge is 0.188 e. The van der Waals surface area contributed by atoms with Crippen molar-refractivity contribution < 1.29 is 0 Å². The van der Waals surface area contributed by atoms with Crippen molar-refractivity contribution in [2.75, 3.05) is 0 Å². The number of fused-ring (bicyclic) bond motifs is 6. The van der Waals surface area contributed by atoms with Crippen LogP contribution < -0.4 is 0 Å². The highest BCUT2D eigenvalue weighted by Gasteiger charge is 2.17. The highest BCUT2D eigenvalue weighted by Crippen LogP contribution is 2.38. The molecular formula is C40H20N6. The van der Waals surface area contributed by atoms with E-state index < -0.39 is 0 Å².